The van der Waals surface area contributed by atoms with Crippen LogP contribution in [0.1, 0.15) is 43.4 Å². The normalized spacial score (nSPS) is 14.6. The van der Waals surface area contributed by atoms with Crippen LogP contribution in [-0.4, -0.2) is 12.6 Å². The van der Waals surface area contributed by atoms with Gasteiger partial charge in [-0.15, -0.1) is 0 Å². The number of nitrogens with two attached hydrogens (primary N) is 1. The Morgan fingerprint density at radius 3 is 3.16 bits per heavy atom. The summed E-state index contributed by atoms with van der Waals surface area (Å²) in [4.78, 5) is 21.4. The lowest BCUT2D eigenvalue weighted by atomic mass is 10.0. The number of carbonyl (C=O) groups excluding carboxylic acids is 1. The number of rotatable bonds is 6. The molecule has 1 heterocycles. The van der Waals surface area contributed by atoms with Crippen LogP contribution in [0.5, 0.6) is 5.75 Å². The van der Waals surface area contributed by atoms with Gasteiger partial charge in [-0.05, 0) is 18.1 Å². The van der Waals surface area contributed by atoms with Gasteiger partial charge in [0.05, 0.1) is 13.0 Å². The van der Waals surface area contributed by atoms with E-state index in [1.165, 1.54) is 0 Å². The molecule has 0 aliphatic carbocycles. The third-order valence-corrected chi connectivity index (χ3v) is 3.03. The van der Waals surface area contributed by atoms with Crippen molar-refractivity contribution in [1.29, 1.82) is 0 Å². The highest BCUT2D eigenvalue weighted by atomic mass is 17.2. The van der Waals surface area contributed by atoms with Crippen LogP contribution in [-0.2, 0) is 21.0 Å². The number of hydrogen-bond donors (Lipinski definition) is 1. The van der Waals surface area contributed by atoms with Crippen molar-refractivity contribution in [3.8, 4) is 5.75 Å². The molecule has 1 aliphatic heterocycles. The number of fused-ring (bicyclic) bond motifs is 1. The molecular weight excluding hydrogens is 246 g/mol. The maximum absolute atomic E-state index is 11.6. The van der Waals surface area contributed by atoms with E-state index in [0.717, 1.165) is 24.0 Å². The maximum Gasteiger partial charge on any atom is 0.307 e. The molecule has 1 unspecified atom stereocenters. The monoisotopic (exact) mass is 265 g/mol. The summed E-state index contributed by atoms with van der Waals surface area (Å²) in [6.45, 7) is 2.96. The summed E-state index contributed by atoms with van der Waals surface area (Å²) in [6.07, 6.45) is 2.05. The lowest BCUT2D eigenvalue weighted by Gasteiger charge is -2.12. The van der Waals surface area contributed by atoms with Crippen LogP contribution in [0.15, 0.2) is 18.2 Å². The van der Waals surface area contributed by atoms with E-state index >= 15 is 0 Å². The first kappa shape index (κ1) is 13.8. The molecule has 19 heavy (non-hydrogen) atoms. The van der Waals surface area contributed by atoms with E-state index in [1.54, 1.807) is 0 Å². The fraction of sp³-hybridized carbons (Fsp3) is 0.500. The highest BCUT2D eigenvalue weighted by Gasteiger charge is 2.18. The minimum absolute atomic E-state index is 0.170. The van der Waals surface area contributed by atoms with Gasteiger partial charge in [-0.3, -0.25) is 4.79 Å². The number of unbranched alkanes of at least 4 members (excludes halogenated alkanes) is 1. The second-order valence-electron chi connectivity index (χ2n) is 4.60. The first-order chi connectivity index (χ1) is 9.20. The Hall–Kier alpha value is -1.59. The van der Waals surface area contributed by atoms with Crippen molar-refractivity contribution in [3.63, 3.8) is 0 Å². The van der Waals surface area contributed by atoms with Gasteiger partial charge in [0.2, 0.25) is 0 Å². The number of benzene rings is 1. The van der Waals surface area contributed by atoms with Gasteiger partial charge in [0.1, 0.15) is 6.61 Å². The Balaban J connectivity index is 1.89. The molecule has 2 N–H and O–H groups in total. The summed E-state index contributed by atoms with van der Waals surface area (Å²) in [7, 11) is 0. The molecule has 1 aromatic carbocycles. The zero-order valence-electron chi connectivity index (χ0n) is 11.1. The Labute approximate surface area is 112 Å². The van der Waals surface area contributed by atoms with E-state index in [1.807, 2.05) is 25.1 Å². The van der Waals surface area contributed by atoms with E-state index in [2.05, 4.69) is 0 Å². The van der Waals surface area contributed by atoms with Crippen LogP contribution in [0.2, 0.25) is 0 Å². The minimum atomic E-state index is -0.386. The van der Waals surface area contributed by atoms with Crippen LogP contribution in [0.3, 0.4) is 0 Å². The first-order valence-corrected chi connectivity index (χ1v) is 6.54. The van der Waals surface area contributed by atoms with E-state index < -0.39 is 0 Å². The Kier molecular flexibility index (Phi) is 4.76. The average Bonchev–Trinajstić information content (AvgIpc) is 2.86. The molecule has 0 spiro atoms. The molecule has 0 radical (unpaired) electrons. The molecular formula is C14H19NO4. The molecule has 0 fully saturated rings. The minimum Gasteiger partial charge on any atom is -0.466 e. The fourth-order valence-corrected chi connectivity index (χ4v) is 1.84. The summed E-state index contributed by atoms with van der Waals surface area (Å²) in [6, 6.07) is 5.22. The Morgan fingerprint density at radius 2 is 2.37 bits per heavy atom. The third-order valence-electron chi connectivity index (χ3n) is 3.03. The topological polar surface area (TPSA) is 70.8 Å². The Bertz CT molecular complexity index is 447. The van der Waals surface area contributed by atoms with Gasteiger partial charge in [-0.1, -0.05) is 25.5 Å². The smallest absolute Gasteiger partial charge is 0.307 e. The number of esters is 1. The van der Waals surface area contributed by atoms with Gasteiger partial charge in [0.15, 0.2) is 5.75 Å². The molecule has 0 amide bonds. The largest absolute Gasteiger partial charge is 0.466 e. The molecule has 5 heteroatoms. The second-order valence-corrected chi connectivity index (χ2v) is 4.60. The lowest BCUT2D eigenvalue weighted by molar-refractivity contribution is -0.194. The highest BCUT2D eigenvalue weighted by Crippen LogP contribution is 2.29. The molecule has 1 atom stereocenters. The number of carbonyl (C=O) groups is 1. The average molecular weight is 265 g/mol. The number of hydrogen-bond acceptors (Lipinski definition) is 5. The van der Waals surface area contributed by atoms with Crippen molar-refractivity contribution in [2.75, 3.05) is 6.61 Å². The van der Waals surface area contributed by atoms with Crippen LogP contribution in [0.25, 0.3) is 0 Å². The molecule has 1 aromatic rings. The van der Waals surface area contributed by atoms with Gasteiger partial charge in [0.25, 0.3) is 0 Å². The summed E-state index contributed by atoms with van der Waals surface area (Å²) < 4.78 is 5.09. The van der Waals surface area contributed by atoms with Gasteiger partial charge < -0.3 is 15.4 Å². The SMILES string of the molecule is CCCCOC(=O)CC(N)c1ccc2c(c1)OOC2. The number of ether oxygens (including phenoxy) is 1. The summed E-state index contributed by atoms with van der Waals surface area (Å²) >= 11 is 0. The van der Waals surface area contributed by atoms with Crippen LogP contribution in [0, 0.1) is 0 Å². The Morgan fingerprint density at radius 1 is 1.53 bits per heavy atom. The highest BCUT2D eigenvalue weighted by molar-refractivity contribution is 5.70. The van der Waals surface area contributed by atoms with Crippen molar-refractivity contribution in [2.45, 2.75) is 38.8 Å². The van der Waals surface area contributed by atoms with Gasteiger partial charge >= 0.3 is 5.97 Å². The summed E-state index contributed by atoms with van der Waals surface area (Å²) in [5.41, 5.74) is 7.83. The molecule has 104 valence electrons. The van der Waals surface area contributed by atoms with Crippen LogP contribution in [0.4, 0.5) is 0 Å². The van der Waals surface area contributed by atoms with Crippen molar-refractivity contribution in [3.05, 3.63) is 29.3 Å². The molecule has 0 aromatic heterocycles. The van der Waals surface area contributed by atoms with Crippen LogP contribution >= 0.6 is 0 Å². The first-order valence-electron chi connectivity index (χ1n) is 6.54. The second kappa shape index (κ2) is 6.54. The fourth-order valence-electron chi connectivity index (χ4n) is 1.84. The summed E-state index contributed by atoms with van der Waals surface area (Å²) in [5, 5.41) is 0. The zero-order chi connectivity index (χ0) is 13.7. The maximum atomic E-state index is 11.6. The molecule has 0 saturated carbocycles. The van der Waals surface area contributed by atoms with Crippen molar-refractivity contribution in [1.82, 2.24) is 0 Å². The molecule has 0 saturated heterocycles. The van der Waals surface area contributed by atoms with Crippen molar-refractivity contribution in [2.24, 2.45) is 5.73 Å². The molecule has 0 bridgehead atoms. The van der Waals surface area contributed by atoms with E-state index in [-0.39, 0.29) is 18.4 Å². The third kappa shape index (κ3) is 3.68. The predicted molar refractivity (Wildman–Crippen MR) is 69.3 cm³/mol. The van der Waals surface area contributed by atoms with E-state index in [0.29, 0.717) is 19.0 Å². The quantitative estimate of drug-likeness (QED) is 0.485. The van der Waals surface area contributed by atoms with E-state index in [9.17, 15) is 4.79 Å². The lowest BCUT2D eigenvalue weighted by Crippen LogP contribution is -2.17. The van der Waals surface area contributed by atoms with Crippen molar-refractivity contribution >= 4 is 5.97 Å². The van der Waals surface area contributed by atoms with Crippen molar-refractivity contribution < 1.29 is 19.3 Å². The van der Waals surface area contributed by atoms with Gasteiger partial charge in [0, 0.05) is 11.6 Å². The van der Waals surface area contributed by atoms with Gasteiger partial charge in [-0.25, -0.2) is 0 Å². The van der Waals surface area contributed by atoms with Crippen LogP contribution < -0.4 is 10.6 Å². The predicted octanol–water partition coefficient (Wildman–Crippen LogP) is 2.24. The van der Waals surface area contributed by atoms with Gasteiger partial charge in [-0.2, -0.15) is 4.89 Å². The zero-order valence-corrected chi connectivity index (χ0v) is 11.1. The molecule has 2 rings (SSSR count). The molecule has 1 aliphatic rings. The standard InChI is InChI=1S/C14H19NO4/c1-2-3-6-17-14(16)8-12(15)10-4-5-11-9-18-19-13(11)7-10/h4-5,7,12H,2-3,6,8-9,15H2,1H3. The molecule has 5 nitrogen and oxygen atoms in total. The van der Waals surface area contributed by atoms with E-state index in [4.69, 9.17) is 20.2 Å². The summed E-state index contributed by atoms with van der Waals surface area (Å²) in [5.74, 6) is 0.408.